The minimum Gasteiger partial charge on any atom is -0.445 e. The van der Waals surface area contributed by atoms with Crippen LogP contribution in [0.4, 0.5) is 14.4 Å². The first kappa shape index (κ1) is 17.8. The zero-order chi connectivity index (χ0) is 15.5. The topological polar surface area (TPSA) is 118 Å². The Morgan fingerprint density at radius 1 is 0.800 bits per heavy atom. The highest BCUT2D eigenvalue weighted by Gasteiger charge is 2.10. The molecule has 20 heavy (non-hydrogen) atoms. The monoisotopic (exact) mass is 290 g/mol. The molecule has 0 rings (SSSR count). The highest BCUT2D eigenvalue weighted by Crippen LogP contribution is 1.95. The van der Waals surface area contributed by atoms with Gasteiger partial charge in [-0.25, -0.2) is 36.1 Å². The van der Waals surface area contributed by atoms with Crippen LogP contribution in [0, 0.1) is 0 Å². The van der Waals surface area contributed by atoms with Crippen molar-refractivity contribution in [2.75, 3.05) is 0 Å². The van der Waals surface area contributed by atoms with Gasteiger partial charge >= 0.3 is 18.2 Å². The Hall–Kier alpha value is -2.19. The molecule has 0 aromatic heterocycles. The number of rotatable bonds is 4. The van der Waals surface area contributed by atoms with Crippen LogP contribution in [-0.4, -0.2) is 30.4 Å². The zero-order valence-electron chi connectivity index (χ0n) is 12.1. The summed E-state index contributed by atoms with van der Waals surface area (Å²) in [5.74, 6) is 0. The van der Waals surface area contributed by atoms with E-state index in [0.717, 1.165) is 0 Å². The van der Waals surface area contributed by atoms with Crippen molar-refractivity contribution in [1.82, 2.24) is 21.7 Å². The van der Waals surface area contributed by atoms with Gasteiger partial charge in [-0.15, -0.1) is 0 Å². The molecule has 4 amide bonds. The fourth-order valence-corrected chi connectivity index (χ4v) is 0.838. The van der Waals surface area contributed by atoms with Gasteiger partial charge in [-0.2, -0.15) is 0 Å². The van der Waals surface area contributed by atoms with Crippen LogP contribution in [-0.2, 0) is 9.47 Å². The maximum Gasteiger partial charge on any atom is 0.426 e. The predicted molar refractivity (Wildman–Crippen MR) is 70.4 cm³/mol. The van der Waals surface area contributed by atoms with Crippen molar-refractivity contribution in [3.63, 3.8) is 0 Å². The quantitative estimate of drug-likeness (QED) is 0.580. The Labute approximate surface area is 117 Å². The lowest BCUT2D eigenvalue weighted by Crippen LogP contribution is -2.53. The van der Waals surface area contributed by atoms with Gasteiger partial charge in [0.05, 0.1) is 0 Å². The van der Waals surface area contributed by atoms with E-state index in [-0.39, 0.29) is 12.2 Å². The second kappa shape index (κ2) is 9.70. The number of carbonyl (C=O) groups excluding carboxylic acids is 3. The molecular formula is C11H22N4O5. The molecule has 0 heterocycles. The van der Waals surface area contributed by atoms with Crippen molar-refractivity contribution >= 4 is 18.2 Å². The van der Waals surface area contributed by atoms with Crippen molar-refractivity contribution in [2.24, 2.45) is 0 Å². The SMILES string of the molecule is CCC(C)OC(=O)NNC(=O)NNC(=O)OC(C)CC. The van der Waals surface area contributed by atoms with Crippen molar-refractivity contribution < 1.29 is 23.9 Å². The largest absolute Gasteiger partial charge is 0.445 e. The van der Waals surface area contributed by atoms with E-state index in [9.17, 15) is 14.4 Å². The molecule has 0 radical (unpaired) electrons. The van der Waals surface area contributed by atoms with Crippen molar-refractivity contribution in [2.45, 2.75) is 52.7 Å². The molecule has 0 spiro atoms. The van der Waals surface area contributed by atoms with Crippen LogP contribution in [0.5, 0.6) is 0 Å². The van der Waals surface area contributed by atoms with Crippen molar-refractivity contribution in [3.05, 3.63) is 0 Å². The molecule has 2 atom stereocenters. The second-order valence-electron chi connectivity index (χ2n) is 4.08. The predicted octanol–water partition coefficient (Wildman–Crippen LogP) is 1.16. The van der Waals surface area contributed by atoms with Crippen LogP contribution < -0.4 is 21.7 Å². The van der Waals surface area contributed by atoms with Crippen LogP contribution >= 0.6 is 0 Å². The Kier molecular flexibility index (Phi) is 8.64. The molecule has 0 bridgehead atoms. The fraction of sp³-hybridized carbons (Fsp3) is 0.727. The number of hydrogen-bond acceptors (Lipinski definition) is 5. The average Bonchev–Trinajstić information content (AvgIpc) is 2.42. The third-order valence-electron chi connectivity index (χ3n) is 2.32. The molecule has 0 aliphatic heterocycles. The summed E-state index contributed by atoms with van der Waals surface area (Å²) in [6.45, 7) is 7.13. The zero-order valence-corrected chi connectivity index (χ0v) is 12.1. The summed E-state index contributed by atoms with van der Waals surface area (Å²) in [6.07, 6.45) is -0.800. The molecular weight excluding hydrogens is 268 g/mol. The minimum atomic E-state index is -0.841. The van der Waals surface area contributed by atoms with Gasteiger partial charge in [0.2, 0.25) is 0 Å². The van der Waals surface area contributed by atoms with E-state index in [1.807, 2.05) is 35.6 Å². The maximum absolute atomic E-state index is 11.2. The normalized spacial score (nSPS) is 12.6. The van der Waals surface area contributed by atoms with E-state index in [1.54, 1.807) is 13.8 Å². The maximum atomic E-state index is 11.2. The van der Waals surface area contributed by atoms with Crippen LogP contribution in [0.2, 0.25) is 0 Å². The molecule has 9 heteroatoms. The lowest BCUT2D eigenvalue weighted by atomic mass is 10.3. The van der Waals surface area contributed by atoms with Crippen LogP contribution in [0.3, 0.4) is 0 Å². The molecule has 0 aromatic rings. The van der Waals surface area contributed by atoms with E-state index < -0.39 is 18.2 Å². The van der Waals surface area contributed by atoms with E-state index in [2.05, 4.69) is 0 Å². The van der Waals surface area contributed by atoms with Gasteiger partial charge in [0.15, 0.2) is 0 Å². The first-order chi connectivity index (χ1) is 9.38. The van der Waals surface area contributed by atoms with Gasteiger partial charge in [-0.3, -0.25) is 0 Å². The number of carbonyl (C=O) groups is 3. The lowest BCUT2D eigenvalue weighted by molar-refractivity contribution is 0.0993. The minimum absolute atomic E-state index is 0.261. The first-order valence-electron chi connectivity index (χ1n) is 6.38. The summed E-state index contributed by atoms with van der Waals surface area (Å²) >= 11 is 0. The van der Waals surface area contributed by atoms with E-state index in [4.69, 9.17) is 9.47 Å². The summed E-state index contributed by atoms with van der Waals surface area (Å²) in [5, 5.41) is 0. The third-order valence-corrected chi connectivity index (χ3v) is 2.32. The number of urea groups is 1. The van der Waals surface area contributed by atoms with Gasteiger partial charge in [-0.05, 0) is 26.7 Å². The van der Waals surface area contributed by atoms with Gasteiger partial charge < -0.3 is 9.47 Å². The van der Waals surface area contributed by atoms with Crippen LogP contribution in [0.1, 0.15) is 40.5 Å². The van der Waals surface area contributed by atoms with Crippen LogP contribution in [0.25, 0.3) is 0 Å². The molecule has 0 aliphatic rings. The number of ether oxygens (including phenoxy) is 2. The van der Waals surface area contributed by atoms with Gasteiger partial charge in [0, 0.05) is 0 Å². The average molecular weight is 290 g/mol. The Balaban J connectivity index is 3.78. The van der Waals surface area contributed by atoms with Gasteiger partial charge in [0.1, 0.15) is 12.2 Å². The molecule has 0 aromatic carbocycles. The van der Waals surface area contributed by atoms with Crippen molar-refractivity contribution in [3.8, 4) is 0 Å². The Bertz CT molecular complexity index is 307. The fourth-order valence-electron chi connectivity index (χ4n) is 0.838. The highest BCUT2D eigenvalue weighted by molar-refractivity contribution is 5.79. The molecule has 0 aliphatic carbocycles. The summed E-state index contributed by atoms with van der Waals surface area (Å²) in [5.41, 5.74) is 8.00. The first-order valence-corrected chi connectivity index (χ1v) is 6.38. The molecule has 0 saturated heterocycles. The molecule has 2 unspecified atom stereocenters. The smallest absolute Gasteiger partial charge is 0.426 e. The van der Waals surface area contributed by atoms with E-state index in [1.165, 1.54) is 0 Å². The third kappa shape index (κ3) is 8.84. The number of hydrogen-bond donors (Lipinski definition) is 4. The van der Waals surface area contributed by atoms with Crippen molar-refractivity contribution in [1.29, 1.82) is 0 Å². The Morgan fingerprint density at radius 2 is 1.15 bits per heavy atom. The number of nitrogens with one attached hydrogen (secondary N) is 4. The standard InChI is InChI=1S/C11H22N4O5/c1-5-7(3)19-10(17)14-12-9(16)13-15-11(18)20-8(4)6-2/h7-8H,5-6H2,1-4H3,(H,14,17)(H,15,18)(H2,12,13,16). The summed E-state index contributed by atoms with van der Waals surface area (Å²) < 4.78 is 9.68. The van der Waals surface area contributed by atoms with Crippen LogP contribution in [0.15, 0.2) is 0 Å². The molecule has 4 N–H and O–H groups in total. The molecule has 0 saturated carbocycles. The second-order valence-corrected chi connectivity index (χ2v) is 4.08. The van der Waals surface area contributed by atoms with E-state index >= 15 is 0 Å². The number of hydrazine groups is 2. The lowest BCUT2D eigenvalue weighted by Gasteiger charge is -2.14. The summed E-state index contributed by atoms with van der Waals surface area (Å²) in [7, 11) is 0. The van der Waals surface area contributed by atoms with Gasteiger partial charge in [0.25, 0.3) is 0 Å². The van der Waals surface area contributed by atoms with Gasteiger partial charge in [-0.1, -0.05) is 13.8 Å². The summed E-state index contributed by atoms with van der Waals surface area (Å²) in [6, 6.07) is -0.841. The summed E-state index contributed by atoms with van der Waals surface area (Å²) in [4.78, 5) is 33.5. The molecule has 9 nitrogen and oxygen atoms in total. The van der Waals surface area contributed by atoms with E-state index in [0.29, 0.717) is 12.8 Å². The molecule has 0 fully saturated rings. The highest BCUT2D eigenvalue weighted by atomic mass is 16.6. The molecule has 116 valence electrons. The Morgan fingerprint density at radius 3 is 1.45 bits per heavy atom. The number of amides is 4.